The second kappa shape index (κ2) is 5.46. The Hall–Kier alpha value is -2.53. The molecule has 1 heterocycles. The Morgan fingerprint density at radius 1 is 1.24 bits per heavy atom. The first-order valence-electron chi connectivity index (χ1n) is 6.28. The SMILES string of the molecule is O=C(NCc1ccc2[nH]c(=O)oc2c1)c1ccccc1Cl. The third kappa shape index (κ3) is 2.83. The number of H-pyrrole nitrogens is 1. The van der Waals surface area contributed by atoms with E-state index in [9.17, 15) is 9.59 Å². The molecule has 0 spiro atoms. The molecule has 0 atom stereocenters. The van der Waals surface area contributed by atoms with E-state index >= 15 is 0 Å². The number of amides is 1. The van der Waals surface area contributed by atoms with Crippen LogP contribution in [0.25, 0.3) is 11.1 Å². The number of rotatable bonds is 3. The Labute approximate surface area is 124 Å². The number of hydrogen-bond donors (Lipinski definition) is 2. The van der Waals surface area contributed by atoms with E-state index in [-0.39, 0.29) is 5.91 Å². The van der Waals surface area contributed by atoms with Gasteiger partial charge in [-0.25, -0.2) is 4.79 Å². The minimum Gasteiger partial charge on any atom is -0.408 e. The lowest BCUT2D eigenvalue weighted by Crippen LogP contribution is -2.23. The monoisotopic (exact) mass is 302 g/mol. The molecule has 3 aromatic rings. The maximum atomic E-state index is 12.0. The van der Waals surface area contributed by atoms with Crippen LogP contribution < -0.4 is 11.1 Å². The lowest BCUT2D eigenvalue weighted by atomic mass is 10.2. The molecule has 0 bridgehead atoms. The molecular formula is C15H11ClN2O3. The average Bonchev–Trinajstić information content (AvgIpc) is 2.84. The quantitative estimate of drug-likeness (QED) is 0.781. The summed E-state index contributed by atoms with van der Waals surface area (Å²) in [7, 11) is 0. The maximum absolute atomic E-state index is 12.0. The van der Waals surface area contributed by atoms with Crippen molar-refractivity contribution >= 4 is 28.6 Å². The highest BCUT2D eigenvalue weighted by atomic mass is 35.5. The number of carbonyl (C=O) groups excluding carboxylic acids is 1. The smallest absolute Gasteiger partial charge is 0.408 e. The Kier molecular flexibility index (Phi) is 3.50. The maximum Gasteiger partial charge on any atom is 0.417 e. The fourth-order valence-corrected chi connectivity index (χ4v) is 2.24. The first kappa shape index (κ1) is 13.5. The van der Waals surface area contributed by atoms with Gasteiger partial charge in [0.2, 0.25) is 0 Å². The standard InChI is InChI=1S/C15H11ClN2O3/c16-11-4-2-1-3-10(11)14(19)17-8-9-5-6-12-13(7-9)21-15(20)18-12/h1-7H,8H2,(H,17,19)(H,18,20). The van der Waals surface area contributed by atoms with Crippen molar-refractivity contribution in [3.8, 4) is 0 Å². The largest absolute Gasteiger partial charge is 0.417 e. The number of hydrogen-bond acceptors (Lipinski definition) is 3. The minimum atomic E-state index is -0.498. The van der Waals surface area contributed by atoms with E-state index in [2.05, 4.69) is 10.3 Å². The Bertz CT molecular complexity index is 866. The van der Waals surface area contributed by atoms with Crippen molar-refractivity contribution in [2.45, 2.75) is 6.54 Å². The molecule has 0 unspecified atom stereocenters. The van der Waals surface area contributed by atoms with Gasteiger partial charge < -0.3 is 9.73 Å². The van der Waals surface area contributed by atoms with Gasteiger partial charge in [-0.1, -0.05) is 29.8 Å². The Morgan fingerprint density at radius 2 is 2.05 bits per heavy atom. The first-order valence-corrected chi connectivity index (χ1v) is 6.66. The number of halogens is 1. The summed E-state index contributed by atoms with van der Waals surface area (Å²) >= 11 is 5.97. The van der Waals surface area contributed by atoms with E-state index in [0.717, 1.165) is 5.56 Å². The molecule has 2 N–H and O–H groups in total. The number of aromatic amines is 1. The van der Waals surface area contributed by atoms with Crippen molar-refractivity contribution in [1.82, 2.24) is 10.3 Å². The van der Waals surface area contributed by atoms with Crippen LogP contribution in [0, 0.1) is 0 Å². The Morgan fingerprint density at radius 3 is 2.86 bits per heavy atom. The highest BCUT2D eigenvalue weighted by molar-refractivity contribution is 6.33. The van der Waals surface area contributed by atoms with Crippen LogP contribution in [0.1, 0.15) is 15.9 Å². The van der Waals surface area contributed by atoms with Crippen LogP contribution in [0.15, 0.2) is 51.7 Å². The molecule has 106 valence electrons. The molecule has 2 aromatic carbocycles. The van der Waals surface area contributed by atoms with Crippen molar-refractivity contribution in [2.75, 3.05) is 0 Å². The molecule has 0 saturated heterocycles. The van der Waals surface area contributed by atoms with Crippen LogP contribution in [0.4, 0.5) is 0 Å². The first-order chi connectivity index (χ1) is 10.1. The zero-order valence-corrected chi connectivity index (χ0v) is 11.6. The van der Waals surface area contributed by atoms with Gasteiger partial charge in [0.1, 0.15) is 0 Å². The number of aromatic nitrogens is 1. The van der Waals surface area contributed by atoms with Gasteiger partial charge in [0.25, 0.3) is 5.91 Å². The molecule has 3 rings (SSSR count). The van der Waals surface area contributed by atoms with E-state index in [0.29, 0.717) is 28.2 Å². The van der Waals surface area contributed by atoms with Crippen molar-refractivity contribution in [2.24, 2.45) is 0 Å². The lowest BCUT2D eigenvalue weighted by Gasteiger charge is -2.06. The van der Waals surface area contributed by atoms with Crippen molar-refractivity contribution < 1.29 is 9.21 Å². The van der Waals surface area contributed by atoms with E-state index in [1.165, 1.54) is 0 Å². The molecule has 0 saturated carbocycles. The van der Waals surface area contributed by atoms with Gasteiger partial charge in [0.15, 0.2) is 5.58 Å². The van der Waals surface area contributed by atoms with Crippen LogP contribution in [-0.4, -0.2) is 10.9 Å². The highest BCUT2D eigenvalue weighted by Gasteiger charge is 2.09. The molecule has 1 aromatic heterocycles. The highest BCUT2D eigenvalue weighted by Crippen LogP contribution is 2.15. The van der Waals surface area contributed by atoms with E-state index < -0.39 is 5.76 Å². The topological polar surface area (TPSA) is 75.1 Å². The number of nitrogens with one attached hydrogen (secondary N) is 2. The summed E-state index contributed by atoms with van der Waals surface area (Å²) in [6.45, 7) is 0.314. The summed E-state index contributed by atoms with van der Waals surface area (Å²) < 4.78 is 4.97. The molecule has 0 aliphatic carbocycles. The number of carbonyl (C=O) groups is 1. The molecule has 1 amide bonds. The molecule has 0 radical (unpaired) electrons. The molecule has 0 aliphatic rings. The van der Waals surface area contributed by atoms with Crippen LogP contribution >= 0.6 is 11.6 Å². The normalized spacial score (nSPS) is 10.7. The summed E-state index contributed by atoms with van der Waals surface area (Å²) in [6.07, 6.45) is 0. The summed E-state index contributed by atoms with van der Waals surface area (Å²) in [5.74, 6) is -0.751. The third-order valence-electron chi connectivity index (χ3n) is 3.06. The predicted molar refractivity (Wildman–Crippen MR) is 79.5 cm³/mol. The average molecular weight is 303 g/mol. The molecule has 0 aliphatic heterocycles. The van der Waals surface area contributed by atoms with Gasteiger partial charge in [-0.05, 0) is 29.8 Å². The zero-order chi connectivity index (χ0) is 14.8. The molecule has 6 heteroatoms. The van der Waals surface area contributed by atoms with Crippen molar-refractivity contribution in [3.63, 3.8) is 0 Å². The van der Waals surface area contributed by atoms with Gasteiger partial charge in [0, 0.05) is 6.54 Å². The number of benzene rings is 2. The van der Waals surface area contributed by atoms with Crippen molar-refractivity contribution in [3.05, 3.63) is 69.2 Å². The number of fused-ring (bicyclic) bond motifs is 1. The van der Waals surface area contributed by atoms with Crippen LogP contribution in [0.3, 0.4) is 0 Å². The Balaban J connectivity index is 1.75. The van der Waals surface area contributed by atoms with Gasteiger partial charge in [0.05, 0.1) is 16.1 Å². The fraction of sp³-hybridized carbons (Fsp3) is 0.0667. The zero-order valence-electron chi connectivity index (χ0n) is 10.9. The fourth-order valence-electron chi connectivity index (χ4n) is 2.02. The molecule has 0 fully saturated rings. The minimum absolute atomic E-state index is 0.254. The van der Waals surface area contributed by atoms with Gasteiger partial charge >= 0.3 is 5.76 Å². The van der Waals surface area contributed by atoms with E-state index in [1.54, 1.807) is 42.5 Å². The van der Waals surface area contributed by atoms with Crippen molar-refractivity contribution in [1.29, 1.82) is 0 Å². The van der Waals surface area contributed by atoms with Crippen LogP contribution in [-0.2, 0) is 6.54 Å². The van der Waals surface area contributed by atoms with E-state index in [1.807, 2.05) is 0 Å². The third-order valence-corrected chi connectivity index (χ3v) is 3.39. The second-order valence-corrected chi connectivity index (χ2v) is 4.91. The molecule has 21 heavy (non-hydrogen) atoms. The van der Waals surface area contributed by atoms with Crippen LogP contribution in [0.2, 0.25) is 5.02 Å². The number of oxazole rings is 1. The second-order valence-electron chi connectivity index (χ2n) is 4.51. The summed E-state index contributed by atoms with van der Waals surface area (Å²) in [6, 6.07) is 12.1. The lowest BCUT2D eigenvalue weighted by molar-refractivity contribution is 0.0951. The summed E-state index contributed by atoms with van der Waals surface area (Å²) in [5, 5.41) is 3.18. The van der Waals surface area contributed by atoms with Gasteiger partial charge in [-0.15, -0.1) is 0 Å². The van der Waals surface area contributed by atoms with Crippen LogP contribution in [0.5, 0.6) is 0 Å². The molecule has 5 nitrogen and oxygen atoms in total. The van der Waals surface area contributed by atoms with Gasteiger partial charge in [-0.3, -0.25) is 9.78 Å². The summed E-state index contributed by atoms with van der Waals surface area (Å²) in [5.41, 5.74) is 2.34. The molecular weight excluding hydrogens is 292 g/mol. The predicted octanol–water partition coefficient (Wildman–Crippen LogP) is 2.70. The van der Waals surface area contributed by atoms with Gasteiger partial charge in [-0.2, -0.15) is 0 Å². The summed E-state index contributed by atoms with van der Waals surface area (Å²) in [4.78, 5) is 25.7. The van der Waals surface area contributed by atoms with E-state index in [4.69, 9.17) is 16.0 Å².